The summed E-state index contributed by atoms with van der Waals surface area (Å²) < 4.78 is 0. The molecular formula is C23H32N4O. The first-order valence-electron chi connectivity index (χ1n) is 10.0. The quantitative estimate of drug-likeness (QED) is 0.801. The van der Waals surface area contributed by atoms with Gasteiger partial charge in [-0.05, 0) is 30.2 Å². The first-order valence-corrected chi connectivity index (χ1v) is 10.0. The second-order valence-electron chi connectivity index (χ2n) is 7.88. The Balaban J connectivity index is 1.37. The van der Waals surface area contributed by atoms with E-state index in [2.05, 4.69) is 75.5 Å². The zero-order valence-electron chi connectivity index (χ0n) is 17.3. The van der Waals surface area contributed by atoms with Crippen molar-refractivity contribution in [2.24, 2.45) is 0 Å². The van der Waals surface area contributed by atoms with Gasteiger partial charge in [0, 0.05) is 59.1 Å². The zero-order chi connectivity index (χ0) is 19.9. The van der Waals surface area contributed by atoms with Gasteiger partial charge >= 0.3 is 0 Å². The van der Waals surface area contributed by atoms with Gasteiger partial charge in [0.1, 0.15) is 0 Å². The topological polar surface area (TPSA) is 38.8 Å². The minimum absolute atomic E-state index is 0.101. The van der Waals surface area contributed by atoms with Gasteiger partial charge < -0.3 is 10.2 Å². The maximum atomic E-state index is 12.3. The van der Waals surface area contributed by atoms with Gasteiger partial charge in [-0.15, -0.1) is 0 Å². The van der Waals surface area contributed by atoms with Gasteiger partial charge in [0.05, 0.1) is 6.54 Å². The average Bonchev–Trinajstić information content (AvgIpc) is 2.68. The van der Waals surface area contributed by atoms with Gasteiger partial charge in [-0.25, -0.2) is 0 Å². The smallest absolute Gasteiger partial charge is 0.234 e. The Labute approximate surface area is 168 Å². The Morgan fingerprint density at radius 2 is 1.64 bits per heavy atom. The van der Waals surface area contributed by atoms with Crippen LogP contribution in [-0.2, 0) is 17.9 Å². The number of hydrogen-bond acceptors (Lipinski definition) is 4. The third-order valence-corrected chi connectivity index (χ3v) is 5.26. The van der Waals surface area contributed by atoms with Gasteiger partial charge in [0.2, 0.25) is 5.91 Å². The summed E-state index contributed by atoms with van der Waals surface area (Å²) in [4.78, 5) is 19.1. The van der Waals surface area contributed by atoms with Gasteiger partial charge in [-0.1, -0.05) is 42.0 Å². The van der Waals surface area contributed by atoms with Crippen LogP contribution >= 0.6 is 0 Å². The van der Waals surface area contributed by atoms with E-state index in [1.54, 1.807) is 0 Å². The lowest BCUT2D eigenvalue weighted by Crippen LogP contribution is -2.49. The molecule has 0 bridgehead atoms. The van der Waals surface area contributed by atoms with Crippen molar-refractivity contribution in [3.8, 4) is 0 Å². The molecule has 1 fully saturated rings. The van der Waals surface area contributed by atoms with Crippen LogP contribution in [-0.4, -0.2) is 62.5 Å². The molecule has 2 aromatic carbocycles. The van der Waals surface area contributed by atoms with E-state index in [0.29, 0.717) is 13.1 Å². The maximum Gasteiger partial charge on any atom is 0.234 e. The number of piperazine rings is 1. The van der Waals surface area contributed by atoms with E-state index in [-0.39, 0.29) is 5.91 Å². The van der Waals surface area contributed by atoms with Gasteiger partial charge in [-0.3, -0.25) is 14.6 Å². The number of hydrogen-bond donors (Lipinski definition) is 1. The van der Waals surface area contributed by atoms with E-state index in [1.807, 2.05) is 14.1 Å². The van der Waals surface area contributed by atoms with Crippen LogP contribution in [0.15, 0.2) is 48.5 Å². The Bertz CT molecular complexity index is 764. The number of amides is 1. The van der Waals surface area contributed by atoms with Gasteiger partial charge in [0.15, 0.2) is 0 Å². The fourth-order valence-electron chi connectivity index (χ4n) is 3.55. The summed E-state index contributed by atoms with van der Waals surface area (Å²) in [7, 11) is 4.05. The lowest BCUT2D eigenvalue weighted by molar-refractivity contribution is -0.122. The molecule has 0 aromatic heterocycles. The number of carbonyl (C=O) groups excluding carboxylic acids is 1. The standard InChI is InChI=1S/C23H32N4O/c1-19-5-4-6-21(15-19)17-26-11-13-27(14-12-26)18-23(28)24-16-20-7-9-22(10-8-20)25(2)3/h4-10,15H,11-14,16-18H2,1-3H3,(H,24,28). The van der Waals surface area contributed by atoms with Gasteiger partial charge in [-0.2, -0.15) is 0 Å². The molecule has 2 aromatic rings. The highest BCUT2D eigenvalue weighted by Crippen LogP contribution is 2.12. The van der Waals surface area contributed by atoms with Crippen molar-refractivity contribution in [2.45, 2.75) is 20.0 Å². The number of rotatable bonds is 7. The van der Waals surface area contributed by atoms with E-state index in [1.165, 1.54) is 16.8 Å². The van der Waals surface area contributed by atoms with Crippen LogP contribution in [0.25, 0.3) is 0 Å². The van der Waals surface area contributed by atoms with Gasteiger partial charge in [0.25, 0.3) is 0 Å². The zero-order valence-corrected chi connectivity index (χ0v) is 17.3. The lowest BCUT2D eigenvalue weighted by Gasteiger charge is -2.34. The van der Waals surface area contributed by atoms with Crippen molar-refractivity contribution in [3.63, 3.8) is 0 Å². The third kappa shape index (κ3) is 6.08. The highest BCUT2D eigenvalue weighted by Gasteiger charge is 2.19. The molecule has 0 aliphatic carbocycles. The summed E-state index contributed by atoms with van der Waals surface area (Å²) in [6.07, 6.45) is 0. The van der Waals surface area contributed by atoms with E-state index in [9.17, 15) is 4.79 Å². The van der Waals surface area contributed by atoms with Crippen LogP contribution in [0.2, 0.25) is 0 Å². The Kier molecular flexibility index (Phi) is 7.06. The summed E-state index contributed by atoms with van der Waals surface area (Å²) in [6.45, 7) is 8.09. The summed E-state index contributed by atoms with van der Waals surface area (Å²) in [6, 6.07) is 17.0. The molecule has 0 atom stereocenters. The summed E-state index contributed by atoms with van der Waals surface area (Å²) >= 11 is 0. The van der Waals surface area contributed by atoms with Crippen molar-refractivity contribution < 1.29 is 4.79 Å². The highest BCUT2D eigenvalue weighted by molar-refractivity contribution is 5.78. The molecule has 5 nitrogen and oxygen atoms in total. The number of anilines is 1. The van der Waals surface area contributed by atoms with Crippen molar-refractivity contribution >= 4 is 11.6 Å². The molecule has 0 saturated carbocycles. The normalized spacial score (nSPS) is 15.4. The first-order chi connectivity index (χ1) is 13.5. The molecule has 0 unspecified atom stereocenters. The van der Waals surface area contributed by atoms with Crippen LogP contribution in [0.5, 0.6) is 0 Å². The van der Waals surface area contributed by atoms with Crippen LogP contribution < -0.4 is 10.2 Å². The third-order valence-electron chi connectivity index (χ3n) is 5.26. The van der Waals surface area contributed by atoms with E-state index in [0.717, 1.165) is 38.3 Å². The van der Waals surface area contributed by atoms with E-state index in [4.69, 9.17) is 0 Å². The minimum Gasteiger partial charge on any atom is -0.378 e. The Hall–Kier alpha value is -2.37. The molecule has 1 N–H and O–H groups in total. The fraction of sp³-hybridized carbons (Fsp3) is 0.435. The number of nitrogens with one attached hydrogen (secondary N) is 1. The molecule has 5 heteroatoms. The van der Waals surface area contributed by atoms with Crippen molar-refractivity contribution in [1.82, 2.24) is 15.1 Å². The fourth-order valence-corrected chi connectivity index (χ4v) is 3.55. The average molecular weight is 381 g/mol. The monoisotopic (exact) mass is 380 g/mol. The number of carbonyl (C=O) groups is 1. The van der Waals surface area contributed by atoms with Crippen LogP contribution in [0.3, 0.4) is 0 Å². The Morgan fingerprint density at radius 3 is 2.29 bits per heavy atom. The van der Waals surface area contributed by atoms with Crippen molar-refractivity contribution in [2.75, 3.05) is 51.7 Å². The number of nitrogens with zero attached hydrogens (tertiary/aromatic N) is 3. The lowest BCUT2D eigenvalue weighted by atomic mass is 10.1. The maximum absolute atomic E-state index is 12.3. The molecule has 3 rings (SSSR count). The molecule has 1 amide bonds. The molecular weight excluding hydrogens is 348 g/mol. The SMILES string of the molecule is Cc1cccc(CN2CCN(CC(=O)NCc3ccc(N(C)C)cc3)CC2)c1. The number of aryl methyl sites for hydroxylation is 1. The van der Waals surface area contributed by atoms with Crippen LogP contribution in [0, 0.1) is 6.92 Å². The summed E-state index contributed by atoms with van der Waals surface area (Å²) in [5, 5.41) is 3.04. The molecule has 28 heavy (non-hydrogen) atoms. The Morgan fingerprint density at radius 1 is 0.964 bits per heavy atom. The van der Waals surface area contributed by atoms with E-state index < -0.39 is 0 Å². The molecule has 1 saturated heterocycles. The predicted octanol–water partition coefficient (Wildman–Crippen LogP) is 2.50. The van der Waals surface area contributed by atoms with Crippen molar-refractivity contribution in [3.05, 3.63) is 65.2 Å². The molecule has 1 aliphatic rings. The molecule has 1 heterocycles. The predicted molar refractivity (Wildman–Crippen MR) is 116 cm³/mol. The molecule has 1 aliphatic heterocycles. The minimum atomic E-state index is 0.101. The first kappa shape index (κ1) is 20.4. The highest BCUT2D eigenvalue weighted by atomic mass is 16.2. The summed E-state index contributed by atoms with van der Waals surface area (Å²) in [5.41, 5.74) is 4.97. The van der Waals surface area contributed by atoms with Crippen molar-refractivity contribution in [1.29, 1.82) is 0 Å². The molecule has 0 radical (unpaired) electrons. The largest absolute Gasteiger partial charge is 0.378 e. The molecule has 0 spiro atoms. The van der Waals surface area contributed by atoms with Crippen LogP contribution in [0.4, 0.5) is 5.69 Å². The van der Waals surface area contributed by atoms with Crippen LogP contribution in [0.1, 0.15) is 16.7 Å². The second kappa shape index (κ2) is 9.71. The molecule has 150 valence electrons. The number of benzene rings is 2. The second-order valence-corrected chi connectivity index (χ2v) is 7.88. The summed E-state index contributed by atoms with van der Waals surface area (Å²) in [5.74, 6) is 0.101. The van der Waals surface area contributed by atoms with E-state index >= 15 is 0 Å².